The van der Waals surface area contributed by atoms with Gasteiger partial charge in [-0.25, -0.2) is 0 Å². The zero-order valence-corrected chi connectivity index (χ0v) is 13.0. The molecule has 2 aromatic rings. The molecule has 0 amide bonds. The number of rotatable bonds is 3. The van der Waals surface area contributed by atoms with Gasteiger partial charge < -0.3 is 4.74 Å². The lowest BCUT2D eigenvalue weighted by Crippen LogP contribution is -1.86. The van der Waals surface area contributed by atoms with Crippen LogP contribution in [0.5, 0.6) is 5.75 Å². The number of aryl methyl sites for hydroxylation is 2. The van der Waals surface area contributed by atoms with E-state index in [2.05, 4.69) is 72.3 Å². The summed E-state index contributed by atoms with van der Waals surface area (Å²) in [6, 6.07) is 12.5. The zero-order chi connectivity index (χ0) is 13.8. The third-order valence-corrected chi connectivity index (χ3v) is 3.94. The molecule has 0 saturated heterocycles. The van der Waals surface area contributed by atoms with Crippen molar-refractivity contribution in [1.82, 2.24) is 0 Å². The molecule has 2 rings (SSSR count). The number of benzene rings is 2. The Morgan fingerprint density at radius 2 is 1.53 bits per heavy atom. The second-order valence-electron chi connectivity index (χ2n) is 4.57. The summed E-state index contributed by atoms with van der Waals surface area (Å²) in [5.74, 6) is 0.926. The molecule has 0 fully saturated rings. The van der Waals surface area contributed by atoms with Gasteiger partial charge in [0.2, 0.25) is 0 Å². The van der Waals surface area contributed by atoms with Crippen LogP contribution in [0.25, 0.3) is 12.2 Å². The van der Waals surface area contributed by atoms with Crippen molar-refractivity contribution >= 4 is 28.1 Å². The lowest BCUT2D eigenvalue weighted by atomic mass is 10.1. The molecule has 0 radical (unpaired) electrons. The topological polar surface area (TPSA) is 9.23 Å². The summed E-state index contributed by atoms with van der Waals surface area (Å²) < 4.78 is 6.40. The fourth-order valence-corrected chi connectivity index (χ4v) is 2.31. The molecule has 19 heavy (non-hydrogen) atoms. The highest BCUT2D eigenvalue weighted by Crippen LogP contribution is 2.21. The van der Waals surface area contributed by atoms with Crippen LogP contribution in [0.15, 0.2) is 40.9 Å². The van der Waals surface area contributed by atoms with E-state index < -0.39 is 0 Å². The monoisotopic (exact) mass is 316 g/mol. The van der Waals surface area contributed by atoms with E-state index in [0.29, 0.717) is 0 Å². The minimum absolute atomic E-state index is 0.926. The van der Waals surface area contributed by atoms with Crippen LogP contribution in [0.4, 0.5) is 0 Å². The van der Waals surface area contributed by atoms with E-state index in [1.54, 1.807) is 7.11 Å². The molecule has 0 saturated carbocycles. The van der Waals surface area contributed by atoms with Gasteiger partial charge in [0.1, 0.15) is 5.75 Å². The Hall–Kier alpha value is -1.54. The second kappa shape index (κ2) is 6.07. The van der Waals surface area contributed by atoms with E-state index in [1.807, 2.05) is 6.07 Å². The highest BCUT2D eigenvalue weighted by Gasteiger charge is 1.98. The molecule has 0 atom stereocenters. The molecule has 2 aromatic carbocycles. The molecule has 2 heteroatoms. The maximum atomic E-state index is 5.26. The first-order chi connectivity index (χ1) is 9.10. The van der Waals surface area contributed by atoms with Gasteiger partial charge in [-0.15, -0.1) is 0 Å². The number of ether oxygens (including phenoxy) is 1. The van der Waals surface area contributed by atoms with E-state index in [4.69, 9.17) is 4.74 Å². The Balaban J connectivity index is 2.22. The van der Waals surface area contributed by atoms with Crippen molar-refractivity contribution in [2.45, 2.75) is 13.8 Å². The molecule has 0 unspecified atom stereocenters. The fraction of sp³-hybridized carbons (Fsp3) is 0.176. The fourth-order valence-electron chi connectivity index (χ4n) is 1.91. The van der Waals surface area contributed by atoms with Gasteiger partial charge in [-0.05, 0) is 54.3 Å². The lowest BCUT2D eigenvalue weighted by molar-refractivity contribution is 0.411. The van der Waals surface area contributed by atoms with Crippen LogP contribution in [-0.2, 0) is 0 Å². The molecule has 0 heterocycles. The molecule has 98 valence electrons. The average Bonchev–Trinajstić information content (AvgIpc) is 2.40. The maximum Gasteiger partial charge on any atom is 0.121 e. The van der Waals surface area contributed by atoms with Crippen molar-refractivity contribution in [3.8, 4) is 5.75 Å². The van der Waals surface area contributed by atoms with Crippen LogP contribution in [0, 0.1) is 13.8 Å². The molecule has 1 nitrogen and oxygen atoms in total. The van der Waals surface area contributed by atoms with Crippen LogP contribution in [0.3, 0.4) is 0 Å². The van der Waals surface area contributed by atoms with Crippen molar-refractivity contribution in [3.05, 3.63) is 63.1 Å². The predicted molar refractivity (Wildman–Crippen MR) is 85.5 cm³/mol. The summed E-state index contributed by atoms with van der Waals surface area (Å²) in [5.41, 5.74) is 4.76. The van der Waals surface area contributed by atoms with Crippen LogP contribution >= 0.6 is 15.9 Å². The summed E-state index contributed by atoms with van der Waals surface area (Å²) in [7, 11) is 1.70. The Bertz CT molecular complexity index is 615. The number of hydrogen-bond acceptors (Lipinski definition) is 1. The highest BCUT2D eigenvalue weighted by atomic mass is 79.9. The van der Waals surface area contributed by atoms with Crippen molar-refractivity contribution in [3.63, 3.8) is 0 Å². The first-order valence-electron chi connectivity index (χ1n) is 6.19. The van der Waals surface area contributed by atoms with Crippen molar-refractivity contribution < 1.29 is 4.74 Å². The van der Waals surface area contributed by atoms with E-state index >= 15 is 0 Å². The molecule has 0 N–H and O–H groups in total. The first kappa shape index (κ1) is 13.9. The normalized spacial score (nSPS) is 10.9. The SMILES string of the molecule is COc1ccc(C=Cc2ccc(C)c(Br)c2)cc1C. The molecule has 0 spiro atoms. The molecule has 0 bridgehead atoms. The number of halogens is 1. The van der Waals surface area contributed by atoms with Crippen LogP contribution in [-0.4, -0.2) is 7.11 Å². The summed E-state index contributed by atoms with van der Waals surface area (Å²) in [5, 5.41) is 0. The third kappa shape index (κ3) is 3.48. The van der Waals surface area contributed by atoms with Gasteiger partial charge in [0.25, 0.3) is 0 Å². The average molecular weight is 317 g/mol. The molecule has 0 aromatic heterocycles. The minimum Gasteiger partial charge on any atom is -0.496 e. The molecular formula is C17H17BrO. The van der Waals surface area contributed by atoms with Crippen LogP contribution in [0.1, 0.15) is 22.3 Å². The Morgan fingerprint density at radius 1 is 0.895 bits per heavy atom. The number of hydrogen-bond donors (Lipinski definition) is 0. The predicted octanol–water partition coefficient (Wildman–Crippen LogP) is 5.24. The zero-order valence-electron chi connectivity index (χ0n) is 11.4. The van der Waals surface area contributed by atoms with Crippen LogP contribution in [0.2, 0.25) is 0 Å². The van der Waals surface area contributed by atoms with Gasteiger partial charge in [-0.3, -0.25) is 0 Å². The third-order valence-electron chi connectivity index (χ3n) is 3.08. The summed E-state index contributed by atoms with van der Waals surface area (Å²) in [6.07, 6.45) is 4.23. The van der Waals surface area contributed by atoms with Gasteiger partial charge in [0, 0.05) is 4.47 Å². The van der Waals surface area contributed by atoms with E-state index in [1.165, 1.54) is 16.7 Å². The number of methoxy groups -OCH3 is 1. The summed E-state index contributed by atoms with van der Waals surface area (Å²) in [6.45, 7) is 4.14. The van der Waals surface area contributed by atoms with Gasteiger partial charge in [0.05, 0.1) is 7.11 Å². The van der Waals surface area contributed by atoms with Gasteiger partial charge in [0.15, 0.2) is 0 Å². The van der Waals surface area contributed by atoms with E-state index in [0.717, 1.165) is 15.8 Å². The smallest absolute Gasteiger partial charge is 0.121 e. The lowest BCUT2D eigenvalue weighted by Gasteiger charge is -2.05. The maximum absolute atomic E-state index is 5.26. The first-order valence-corrected chi connectivity index (χ1v) is 6.98. The van der Waals surface area contributed by atoms with Gasteiger partial charge in [-0.2, -0.15) is 0 Å². The molecular weight excluding hydrogens is 300 g/mol. The van der Waals surface area contributed by atoms with Crippen molar-refractivity contribution in [1.29, 1.82) is 0 Å². The van der Waals surface area contributed by atoms with E-state index in [-0.39, 0.29) is 0 Å². The van der Waals surface area contributed by atoms with Crippen molar-refractivity contribution in [2.24, 2.45) is 0 Å². The van der Waals surface area contributed by atoms with E-state index in [9.17, 15) is 0 Å². The standard InChI is InChI=1S/C17H17BrO/c1-12-4-5-15(11-16(12)18)7-6-14-8-9-17(19-3)13(2)10-14/h4-11H,1-3H3. The Labute approximate surface area is 123 Å². The molecule has 0 aliphatic heterocycles. The minimum atomic E-state index is 0.926. The summed E-state index contributed by atoms with van der Waals surface area (Å²) >= 11 is 3.55. The van der Waals surface area contributed by atoms with Crippen LogP contribution < -0.4 is 4.74 Å². The second-order valence-corrected chi connectivity index (χ2v) is 5.43. The quantitative estimate of drug-likeness (QED) is 0.703. The molecule has 0 aliphatic rings. The largest absolute Gasteiger partial charge is 0.496 e. The Morgan fingerprint density at radius 3 is 2.11 bits per heavy atom. The Kier molecular flexibility index (Phi) is 4.43. The molecule has 0 aliphatic carbocycles. The van der Waals surface area contributed by atoms with Crippen molar-refractivity contribution in [2.75, 3.05) is 7.11 Å². The summed E-state index contributed by atoms with van der Waals surface area (Å²) in [4.78, 5) is 0. The van der Waals surface area contributed by atoms with Gasteiger partial charge in [-0.1, -0.05) is 46.3 Å². The van der Waals surface area contributed by atoms with Gasteiger partial charge >= 0.3 is 0 Å². The highest BCUT2D eigenvalue weighted by molar-refractivity contribution is 9.10.